The van der Waals surface area contributed by atoms with E-state index >= 15 is 0 Å². The molecular weight excluding hydrogens is 158 g/mol. The third-order valence-electron chi connectivity index (χ3n) is 3.71. The summed E-state index contributed by atoms with van der Waals surface area (Å²) < 4.78 is 1.14. The molecule has 3 unspecified atom stereocenters. The van der Waals surface area contributed by atoms with Crippen molar-refractivity contribution >= 4 is 0 Å². The van der Waals surface area contributed by atoms with Crippen LogP contribution < -0.4 is 0 Å². The Kier molecular flexibility index (Phi) is 3.39. The van der Waals surface area contributed by atoms with Crippen LogP contribution in [0.5, 0.6) is 0 Å². The van der Waals surface area contributed by atoms with E-state index in [1.807, 2.05) is 0 Å². The highest BCUT2D eigenvalue weighted by molar-refractivity contribution is 4.82. The van der Waals surface area contributed by atoms with Gasteiger partial charge < -0.3 is 4.48 Å². The topological polar surface area (TPSA) is 0 Å². The molecule has 0 amide bonds. The van der Waals surface area contributed by atoms with Crippen LogP contribution in [0.1, 0.15) is 39.5 Å². The molecule has 0 spiro atoms. The van der Waals surface area contributed by atoms with E-state index in [1.165, 1.54) is 25.7 Å². The van der Waals surface area contributed by atoms with Crippen LogP contribution in [0, 0.1) is 11.8 Å². The maximum Gasteiger partial charge on any atom is 0.0881 e. The minimum absolute atomic E-state index is 0.868. The van der Waals surface area contributed by atoms with Gasteiger partial charge in [0.15, 0.2) is 0 Å². The lowest BCUT2D eigenvalue weighted by atomic mass is 10.0. The van der Waals surface area contributed by atoms with Gasteiger partial charge in [-0.3, -0.25) is 0 Å². The molecule has 1 heteroatoms. The molecular formula is C12H26N+. The molecule has 1 aliphatic carbocycles. The second-order valence-corrected chi connectivity index (χ2v) is 5.73. The zero-order valence-electron chi connectivity index (χ0n) is 10.0. The van der Waals surface area contributed by atoms with E-state index in [0.29, 0.717) is 0 Å². The Labute approximate surface area is 83.7 Å². The van der Waals surface area contributed by atoms with Crippen molar-refractivity contribution in [2.75, 3.05) is 21.1 Å². The van der Waals surface area contributed by atoms with Gasteiger partial charge in [0.2, 0.25) is 0 Å². The summed E-state index contributed by atoms with van der Waals surface area (Å²) in [6, 6.07) is 0.868. The number of rotatable bonds is 5. The van der Waals surface area contributed by atoms with Crippen LogP contribution in [-0.4, -0.2) is 31.7 Å². The van der Waals surface area contributed by atoms with Gasteiger partial charge in [-0.05, 0) is 37.5 Å². The molecule has 1 rings (SSSR count). The molecule has 0 aliphatic heterocycles. The first-order valence-electron chi connectivity index (χ1n) is 5.76. The molecule has 78 valence electrons. The van der Waals surface area contributed by atoms with Crippen molar-refractivity contribution < 1.29 is 4.48 Å². The zero-order valence-corrected chi connectivity index (χ0v) is 10.0. The van der Waals surface area contributed by atoms with Gasteiger partial charge in [0.05, 0.1) is 27.2 Å². The molecule has 0 radical (unpaired) electrons. The van der Waals surface area contributed by atoms with Gasteiger partial charge in [0, 0.05) is 0 Å². The first kappa shape index (κ1) is 11.0. The molecule has 1 nitrogen and oxygen atoms in total. The molecule has 3 atom stereocenters. The smallest absolute Gasteiger partial charge is 0.0881 e. The highest BCUT2D eigenvalue weighted by atomic mass is 15.3. The Bertz CT molecular complexity index is 157. The summed E-state index contributed by atoms with van der Waals surface area (Å²) >= 11 is 0. The number of hydrogen-bond acceptors (Lipinski definition) is 0. The number of quaternary nitrogens is 1. The van der Waals surface area contributed by atoms with Crippen molar-refractivity contribution in [3.63, 3.8) is 0 Å². The van der Waals surface area contributed by atoms with E-state index in [9.17, 15) is 0 Å². The van der Waals surface area contributed by atoms with Crippen molar-refractivity contribution in [2.24, 2.45) is 11.8 Å². The Morgan fingerprint density at radius 3 is 2.15 bits per heavy atom. The zero-order chi connectivity index (χ0) is 10.1. The second kappa shape index (κ2) is 4.00. The number of nitrogens with zero attached hydrogens (tertiary/aromatic N) is 1. The van der Waals surface area contributed by atoms with Crippen LogP contribution in [0.15, 0.2) is 0 Å². The van der Waals surface area contributed by atoms with Crippen molar-refractivity contribution in [3.05, 3.63) is 0 Å². The van der Waals surface area contributed by atoms with Gasteiger partial charge in [-0.2, -0.15) is 0 Å². The lowest BCUT2D eigenvalue weighted by Gasteiger charge is -2.33. The first-order chi connectivity index (χ1) is 5.95. The molecule has 0 N–H and O–H groups in total. The molecule has 1 aliphatic rings. The van der Waals surface area contributed by atoms with Gasteiger partial charge in [0.1, 0.15) is 0 Å². The van der Waals surface area contributed by atoms with E-state index < -0.39 is 0 Å². The van der Waals surface area contributed by atoms with Crippen LogP contribution in [0.4, 0.5) is 0 Å². The normalized spacial score (nSPS) is 30.2. The molecule has 0 aromatic carbocycles. The van der Waals surface area contributed by atoms with Gasteiger partial charge >= 0.3 is 0 Å². The lowest BCUT2D eigenvalue weighted by Crippen LogP contribution is -2.44. The van der Waals surface area contributed by atoms with Crippen LogP contribution in [-0.2, 0) is 0 Å². The van der Waals surface area contributed by atoms with Crippen LogP contribution in [0.3, 0.4) is 0 Å². The lowest BCUT2D eigenvalue weighted by molar-refractivity contribution is -0.896. The predicted molar refractivity (Wildman–Crippen MR) is 58.6 cm³/mol. The van der Waals surface area contributed by atoms with Crippen molar-refractivity contribution in [2.45, 2.75) is 45.6 Å². The van der Waals surface area contributed by atoms with Crippen molar-refractivity contribution in [1.82, 2.24) is 0 Å². The fourth-order valence-electron chi connectivity index (χ4n) is 2.35. The van der Waals surface area contributed by atoms with E-state index in [0.717, 1.165) is 22.4 Å². The fourth-order valence-corrected chi connectivity index (χ4v) is 2.35. The number of hydrogen-bond donors (Lipinski definition) is 0. The van der Waals surface area contributed by atoms with Crippen LogP contribution >= 0.6 is 0 Å². The summed E-state index contributed by atoms with van der Waals surface area (Å²) in [5.74, 6) is 2.10. The first-order valence-corrected chi connectivity index (χ1v) is 5.76. The third kappa shape index (κ3) is 3.30. The predicted octanol–water partition coefficient (Wildman–Crippen LogP) is 2.91. The van der Waals surface area contributed by atoms with E-state index in [-0.39, 0.29) is 0 Å². The van der Waals surface area contributed by atoms with Gasteiger partial charge in [-0.25, -0.2) is 0 Å². The summed E-state index contributed by atoms with van der Waals surface area (Å²) in [5.41, 5.74) is 0. The average molecular weight is 184 g/mol. The summed E-state index contributed by atoms with van der Waals surface area (Å²) in [5, 5.41) is 0. The molecule has 1 saturated carbocycles. The Balaban J connectivity index is 2.24. The molecule has 0 aromatic rings. The SMILES string of the molecule is CCC(CCC1CC1C)[N+](C)(C)C. The highest BCUT2D eigenvalue weighted by Gasteiger charge is 2.33. The molecule has 0 bridgehead atoms. The molecule has 1 fully saturated rings. The Hall–Kier alpha value is -0.0400. The van der Waals surface area contributed by atoms with E-state index in [2.05, 4.69) is 35.0 Å². The van der Waals surface area contributed by atoms with E-state index in [4.69, 9.17) is 0 Å². The minimum atomic E-state index is 0.868. The maximum absolute atomic E-state index is 2.39. The summed E-state index contributed by atoms with van der Waals surface area (Å²) in [6.45, 7) is 4.71. The second-order valence-electron chi connectivity index (χ2n) is 5.73. The summed E-state index contributed by atoms with van der Waals surface area (Å²) in [4.78, 5) is 0. The van der Waals surface area contributed by atoms with Crippen molar-refractivity contribution in [3.8, 4) is 0 Å². The monoisotopic (exact) mass is 184 g/mol. The summed E-state index contributed by atoms with van der Waals surface area (Å²) in [7, 11) is 6.97. The largest absolute Gasteiger partial charge is 0.328 e. The highest BCUT2D eigenvalue weighted by Crippen LogP contribution is 2.42. The average Bonchev–Trinajstić information content (AvgIpc) is 2.65. The molecule has 0 saturated heterocycles. The molecule has 0 heterocycles. The Morgan fingerprint density at radius 1 is 1.31 bits per heavy atom. The van der Waals surface area contributed by atoms with Gasteiger partial charge in [-0.1, -0.05) is 13.8 Å². The standard InChI is InChI=1S/C12H26N/c1-6-12(13(3,4)5)8-7-11-9-10(11)2/h10-12H,6-9H2,1-5H3/q+1. The van der Waals surface area contributed by atoms with Gasteiger partial charge in [-0.15, -0.1) is 0 Å². The third-order valence-corrected chi connectivity index (χ3v) is 3.71. The maximum atomic E-state index is 2.39. The minimum Gasteiger partial charge on any atom is -0.328 e. The van der Waals surface area contributed by atoms with Crippen molar-refractivity contribution in [1.29, 1.82) is 0 Å². The van der Waals surface area contributed by atoms with Crippen LogP contribution in [0.2, 0.25) is 0 Å². The fraction of sp³-hybridized carbons (Fsp3) is 1.00. The van der Waals surface area contributed by atoms with Crippen LogP contribution in [0.25, 0.3) is 0 Å². The van der Waals surface area contributed by atoms with E-state index in [1.54, 1.807) is 0 Å². The van der Waals surface area contributed by atoms with Gasteiger partial charge in [0.25, 0.3) is 0 Å². The molecule has 13 heavy (non-hydrogen) atoms. The quantitative estimate of drug-likeness (QED) is 0.576. The molecule has 0 aromatic heterocycles. The Morgan fingerprint density at radius 2 is 1.85 bits per heavy atom. The summed E-state index contributed by atoms with van der Waals surface area (Å²) in [6.07, 6.45) is 5.71.